The Bertz CT molecular complexity index is 605. The smallest absolute Gasteiger partial charge is 0.244 e. The van der Waals surface area contributed by atoms with Crippen LogP contribution in [0.4, 0.5) is 0 Å². The maximum atomic E-state index is 13.1. The number of carbonyl (C=O) groups is 2. The van der Waals surface area contributed by atoms with Crippen LogP contribution in [-0.2, 0) is 16.1 Å². The molecule has 0 aliphatic carbocycles. The van der Waals surface area contributed by atoms with Gasteiger partial charge in [-0.1, -0.05) is 20.8 Å². The Kier molecular flexibility index (Phi) is 4.40. The third kappa shape index (κ3) is 3.47. The molecule has 2 amide bonds. The highest BCUT2D eigenvalue weighted by atomic mass is 16.2. The Morgan fingerprint density at radius 1 is 1.29 bits per heavy atom. The maximum absolute atomic E-state index is 13.1. The highest BCUT2D eigenvalue weighted by Gasteiger charge is 2.49. The van der Waals surface area contributed by atoms with E-state index in [1.54, 1.807) is 17.1 Å². The Morgan fingerprint density at radius 3 is 2.75 bits per heavy atom. The molecule has 24 heavy (non-hydrogen) atoms. The molecular weight excluding hydrogens is 304 g/mol. The Labute approximate surface area is 143 Å². The number of carbonyl (C=O) groups excluding carboxylic acids is 2. The predicted octanol–water partition coefficient (Wildman–Crippen LogP) is 1.77. The molecule has 0 saturated carbocycles. The number of piperidine rings is 1. The summed E-state index contributed by atoms with van der Waals surface area (Å²) >= 11 is 0. The number of hydrogen-bond acceptors (Lipinski definition) is 3. The number of likely N-dealkylation sites (tertiary alicyclic amines) is 2. The second-order valence-corrected chi connectivity index (χ2v) is 8.44. The van der Waals surface area contributed by atoms with Gasteiger partial charge in [-0.25, -0.2) is 0 Å². The Hall–Kier alpha value is -1.85. The van der Waals surface area contributed by atoms with Gasteiger partial charge in [0, 0.05) is 38.6 Å². The zero-order chi connectivity index (χ0) is 17.4. The molecule has 0 N–H and O–H groups in total. The van der Waals surface area contributed by atoms with Gasteiger partial charge in [0.2, 0.25) is 11.8 Å². The first-order valence-corrected chi connectivity index (χ1v) is 8.84. The van der Waals surface area contributed by atoms with E-state index in [0.29, 0.717) is 13.1 Å². The van der Waals surface area contributed by atoms with E-state index in [-0.39, 0.29) is 29.2 Å². The molecule has 0 bridgehead atoms. The molecule has 132 valence electrons. The third-order valence-electron chi connectivity index (χ3n) is 5.05. The normalized spacial score (nSPS) is 24.9. The van der Waals surface area contributed by atoms with E-state index in [1.807, 2.05) is 15.9 Å². The molecule has 2 saturated heterocycles. The highest BCUT2D eigenvalue weighted by Crippen LogP contribution is 2.40. The minimum atomic E-state index is -0.358. The lowest BCUT2D eigenvalue weighted by Gasteiger charge is -2.41. The third-order valence-corrected chi connectivity index (χ3v) is 5.05. The van der Waals surface area contributed by atoms with Gasteiger partial charge in [-0.2, -0.15) is 5.10 Å². The molecule has 1 atom stereocenters. The molecule has 1 unspecified atom stereocenters. The van der Waals surface area contributed by atoms with Crippen LogP contribution in [0.2, 0.25) is 0 Å². The predicted molar refractivity (Wildman–Crippen MR) is 91.1 cm³/mol. The van der Waals surface area contributed by atoms with Crippen LogP contribution in [0.5, 0.6) is 0 Å². The summed E-state index contributed by atoms with van der Waals surface area (Å²) in [5, 5.41) is 4.09. The van der Waals surface area contributed by atoms with Gasteiger partial charge in [0.05, 0.1) is 5.41 Å². The molecule has 0 aromatic carbocycles. The number of aromatic nitrogens is 2. The van der Waals surface area contributed by atoms with E-state index in [9.17, 15) is 9.59 Å². The van der Waals surface area contributed by atoms with E-state index in [2.05, 4.69) is 25.9 Å². The SMILES string of the molecule is CC(C)(C)CN1CCCC2(CCN(C(=O)Cn3cccn3)C2)C1=O. The Morgan fingerprint density at radius 2 is 2.08 bits per heavy atom. The lowest BCUT2D eigenvalue weighted by molar-refractivity contribution is -0.147. The second-order valence-electron chi connectivity index (χ2n) is 8.44. The second kappa shape index (κ2) is 6.22. The van der Waals surface area contributed by atoms with Crippen LogP contribution in [0, 0.1) is 10.8 Å². The van der Waals surface area contributed by atoms with Gasteiger partial charge in [-0.05, 0) is 30.7 Å². The van der Waals surface area contributed by atoms with Crippen molar-refractivity contribution in [3.8, 4) is 0 Å². The molecule has 3 heterocycles. The quantitative estimate of drug-likeness (QED) is 0.847. The first kappa shape index (κ1) is 17.0. The van der Waals surface area contributed by atoms with Gasteiger partial charge in [-0.15, -0.1) is 0 Å². The maximum Gasteiger partial charge on any atom is 0.244 e. The summed E-state index contributed by atoms with van der Waals surface area (Å²) in [7, 11) is 0. The summed E-state index contributed by atoms with van der Waals surface area (Å²) in [6, 6.07) is 1.81. The summed E-state index contributed by atoms with van der Waals surface area (Å²) in [5.74, 6) is 0.300. The fourth-order valence-corrected chi connectivity index (χ4v) is 3.97. The fraction of sp³-hybridized carbons (Fsp3) is 0.722. The van der Waals surface area contributed by atoms with Crippen LogP contribution >= 0.6 is 0 Å². The molecule has 6 nitrogen and oxygen atoms in total. The first-order chi connectivity index (χ1) is 11.3. The first-order valence-electron chi connectivity index (χ1n) is 8.84. The summed E-state index contributed by atoms with van der Waals surface area (Å²) in [6.45, 7) is 9.61. The largest absolute Gasteiger partial charge is 0.342 e. The van der Waals surface area contributed by atoms with E-state index >= 15 is 0 Å². The summed E-state index contributed by atoms with van der Waals surface area (Å²) in [6.07, 6.45) is 6.19. The fourth-order valence-electron chi connectivity index (χ4n) is 3.97. The zero-order valence-corrected chi connectivity index (χ0v) is 15.0. The van der Waals surface area contributed by atoms with Gasteiger partial charge in [-0.3, -0.25) is 14.3 Å². The van der Waals surface area contributed by atoms with Crippen molar-refractivity contribution in [1.82, 2.24) is 19.6 Å². The van der Waals surface area contributed by atoms with Crippen molar-refractivity contribution in [2.75, 3.05) is 26.2 Å². The molecule has 1 aromatic rings. The van der Waals surface area contributed by atoms with Crippen molar-refractivity contribution in [2.24, 2.45) is 10.8 Å². The molecule has 1 spiro atoms. The minimum absolute atomic E-state index is 0.0521. The van der Waals surface area contributed by atoms with Crippen molar-refractivity contribution in [3.63, 3.8) is 0 Å². The molecule has 3 rings (SSSR count). The average Bonchev–Trinajstić information content (AvgIpc) is 3.13. The van der Waals surface area contributed by atoms with E-state index in [1.165, 1.54) is 0 Å². The molecule has 2 aliphatic rings. The van der Waals surface area contributed by atoms with Gasteiger partial charge in [0.15, 0.2) is 0 Å². The van der Waals surface area contributed by atoms with Crippen molar-refractivity contribution in [2.45, 2.75) is 46.6 Å². The van der Waals surface area contributed by atoms with Crippen LogP contribution in [0.1, 0.15) is 40.0 Å². The minimum Gasteiger partial charge on any atom is -0.342 e. The van der Waals surface area contributed by atoms with Crippen molar-refractivity contribution >= 4 is 11.8 Å². The molecular formula is C18H28N4O2. The van der Waals surface area contributed by atoms with E-state index in [4.69, 9.17) is 0 Å². The molecule has 1 aromatic heterocycles. The van der Waals surface area contributed by atoms with Crippen molar-refractivity contribution < 1.29 is 9.59 Å². The standard InChI is InChI=1S/C18H28N4O2/c1-17(2,3)13-21-9-4-6-18(16(21)24)7-11-20(14-18)15(23)12-22-10-5-8-19-22/h5,8,10H,4,6-7,9,11-14H2,1-3H3. The van der Waals surface area contributed by atoms with Gasteiger partial charge in [0.25, 0.3) is 0 Å². The van der Waals surface area contributed by atoms with Crippen LogP contribution in [0.3, 0.4) is 0 Å². The number of hydrogen-bond donors (Lipinski definition) is 0. The van der Waals surface area contributed by atoms with Crippen LogP contribution < -0.4 is 0 Å². The number of nitrogens with zero attached hydrogens (tertiary/aromatic N) is 4. The summed E-state index contributed by atoms with van der Waals surface area (Å²) in [5.41, 5.74) is -0.258. The lowest BCUT2D eigenvalue weighted by Crippen LogP contribution is -2.52. The Balaban J connectivity index is 1.66. The molecule has 6 heteroatoms. The van der Waals surface area contributed by atoms with E-state index in [0.717, 1.165) is 32.4 Å². The molecule has 0 radical (unpaired) electrons. The lowest BCUT2D eigenvalue weighted by atomic mass is 9.77. The average molecular weight is 332 g/mol. The van der Waals surface area contributed by atoms with Crippen LogP contribution in [-0.4, -0.2) is 57.6 Å². The van der Waals surface area contributed by atoms with Gasteiger partial charge < -0.3 is 9.80 Å². The monoisotopic (exact) mass is 332 g/mol. The molecule has 2 aliphatic heterocycles. The van der Waals surface area contributed by atoms with Gasteiger partial charge >= 0.3 is 0 Å². The summed E-state index contributed by atoms with van der Waals surface area (Å²) in [4.78, 5) is 29.4. The van der Waals surface area contributed by atoms with Crippen LogP contribution in [0.25, 0.3) is 0 Å². The van der Waals surface area contributed by atoms with Crippen LogP contribution in [0.15, 0.2) is 18.5 Å². The zero-order valence-electron chi connectivity index (χ0n) is 15.0. The topological polar surface area (TPSA) is 58.4 Å². The van der Waals surface area contributed by atoms with Gasteiger partial charge in [0.1, 0.15) is 6.54 Å². The number of rotatable bonds is 3. The number of amides is 2. The molecule has 2 fully saturated rings. The van der Waals surface area contributed by atoms with E-state index < -0.39 is 0 Å². The highest BCUT2D eigenvalue weighted by molar-refractivity contribution is 5.86. The summed E-state index contributed by atoms with van der Waals surface area (Å²) < 4.78 is 1.64. The van der Waals surface area contributed by atoms with Crippen molar-refractivity contribution in [1.29, 1.82) is 0 Å². The van der Waals surface area contributed by atoms with Crippen molar-refractivity contribution in [3.05, 3.63) is 18.5 Å².